The molecule has 2 aromatic rings. The number of hydrogen-bond donors (Lipinski definition) is 1. The zero-order valence-corrected chi connectivity index (χ0v) is 13.1. The van der Waals surface area contributed by atoms with Crippen molar-refractivity contribution in [3.8, 4) is 11.1 Å². The van der Waals surface area contributed by atoms with Gasteiger partial charge in [-0.25, -0.2) is 0 Å². The molecule has 0 aromatic heterocycles. The Hall–Kier alpha value is -1.93. The summed E-state index contributed by atoms with van der Waals surface area (Å²) >= 11 is 0. The van der Waals surface area contributed by atoms with Crippen molar-refractivity contribution in [1.29, 1.82) is 0 Å². The number of Topliss-reactive ketones (excluding diaryl/α,β-unsaturated/α-hetero) is 1. The number of carbonyl (C=O) groups excluding carboxylic acids is 1. The summed E-state index contributed by atoms with van der Waals surface area (Å²) in [5, 5.41) is 3.61. The van der Waals surface area contributed by atoms with Crippen LogP contribution >= 0.6 is 0 Å². The SMILES string of the molecule is CC(=O)c1ccc(-c2cccc(C[C@@H]3CCCCN3)c2)cc1. The van der Waals surface area contributed by atoms with Gasteiger partial charge >= 0.3 is 0 Å². The molecule has 0 bridgehead atoms. The third-order valence-corrected chi connectivity index (χ3v) is 4.45. The van der Waals surface area contributed by atoms with Crippen molar-refractivity contribution in [2.24, 2.45) is 0 Å². The Morgan fingerprint density at radius 2 is 1.91 bits per heavy atom. The van der Waals surface area contributed by atoms with Gasteiger partial charge in [-0.05, 0) is 49.4 Å². The second-order valence-electron chi connectivity index (χ2n) is 6.18. The highest BCUT2D eigenvalue weighted by molar-refractivity contribution is 5.94. The maximum atomic E-state index is 11.4. The number of ketones is 1. The van der Waals surface area contributed by atoms with Gasteiger partial charge in [0.15, 0.2) is 5.78 Å². The van der Waals surface area contributed by atoms with Crippen LogP contribution in [0.5, 0.6) is 0 Å². The summed E-state index contributed by atoms with van der Waals surface area (Å²) in [5.74, 6) is 0.115. The van der Waals surface area contributed by atoms with E-state index >= 15 is 0 Å². The molecule has 0 radical (unpaired) electrons. The summed E-state index contributed by atoms with van der Waals surface area (Å²) in [4.78, 5) is 11.4. The monoisotopic (exact) mass is 293 g/mol. The first-order chi connectivity index (χ1) is 10.7. The zero-order valence-electron chi connectivity index (χ0n) is 13.1. The summed E-state index contributed by atoms with van der Waals surface area (Å²) in [6.07, 6.45) is 5.01. The molecular weight excluding hydrogens is 270 g/mol. The Kier molecular flexibility index (Phi) is 4.69. The fourth-order valence-corrected chi connectivity index (χ4v) is 3.16. The average molecular weight is 293 g/mol. The third kappa shape index (κ3) is 3.63. The molecule has 0 spiro atoms. The van der Waals surface area contributed by atoms with Crippen LogP contribution in [0.2, 0.25) is 0 Å². The fraction of sp³-hybridized carbons (Fsp3) is 0.350. The highest BCUT2D eigenvalue weighted by Gasteiger charge is 2.13. The van der Waals surface area contributed by atoms with E-state index in [0.717, 1.165) is 18.5 Å². The molecule has 22 heavy (non-hydrogen) atoms. The Balaban J connectivity index is 1.76. The second kappa shape index (κ2) is 6.89. The predicted octanol–water partition coefficient (Wildman–Crippen LogP) is 4.24. The number of nitrogens with one attached hydrogen (secondary N) is 1. The molecule has 2 aromatic carbocycles. The van der Waals surface area contributed by atoms with Gasteiger partial charge in [0.1, 0.15) is 0 Å². The van der Waals surface area contributed by atoms with Gasteiger partial charge < -0.3 is 5.32 Å². The fourth-order valence-electron chi connectivity index (χ4n) is 3.16. The van der Waals surface area contributed by atoms with E-state index < -0.39 is 0 Å². The first kappa shape index (κ1) is 15.0. The van der Waals surface area contributed by atoms with E-state index in [1.165, 1.54) is 36.0 Å². The lowest BCUT2D eigenvalue weighted by Gasteiger charge is -2.23. The Labute approximate surface area is 132 Å². The van der Waals surface area contributed by atoms with E-state index in [9.17, 15) is 4.79 Å². The van der Waals surface area contributed by atoms with Gasteiger partial charge in [-0.15, -0.1) is 0 Å². The van der Waals surface area contributed by atoms with Crippen LogP contribution in [-0.4, -0.2) is 18.4 Å². The Morgan fingerprint density at radius 3 is 2.59 bits per heavy atom. The van der Waals surface area contributed by atoms with Gasteiger partial charge in [-0.3, -0.25) is 4.79 Å². The van der Waals surface area contributed by atoms with Crippen molar-refractivity contribution < 1.29 is 4.79 Å². The van der Waals surface area contributed by atoms with Crippen LogP contribution in [0.15, 0.2) is 48.5 Å². The molecule has 1 saturated heterocycles. The topological polar surface area (TPSA) is 29.1 Å². The molecular formula is C20H23NO. The van der Waals surface area contributed by atoms with E-state index in [1.807, 2.05) is 24.3 Å². The second-order valence-corrected chi connectivity index (χ2v) is 6.18. The van der Waals surface area contributed by atoms with Crippen molar-refractivity contribution in [2.45, 2.75) is 38.6 Å². The van der Waals surface area contributed by atoms with Gasteiger partial charge in [0.2, 0.25) is 0 Å². The Bertz CT molecular complexity index is 639. The van der Waals surface area contributed by atoms with Crippen LogP contribution in [0.25, 0.3) is 11.1 Å². The van der Waals surface area contributed by atoms with E-state index in [-0.39, 0.29) is 5.78 Å². The minimum absolute atomic E-state index is 0.115. The van der Waals surface area contributed by atoms with Gasteiger partial charge in [-0.2, -0.15) is 0 Å². The third-order valence-electron chi connectivity index (χ3n) is 4.45. The van der Waals surface area contributed by atoms with Crippen molar-refractivity contribution in [1.82, 2.24) is 5.32 Å². The molecule has 2 heteroatoms. The highest BCUT2D eigenvalue weighted by Crippen LogP contribution is 2.22. The molecule has 1 aliphatic rings. The number of carbonyl (C=O) groups is 1. The largest absolute Gasteiger partial charge is 0.314 e. The zero-order chi connectivity index (χ0) is 15.4. The Morgan fingerprint density at radius 1 is 1.09 bits per heavy atom. The van der Waals surface area contributed by atoms with Crippen LogP contribution < -0.4 is 5.32 Å². The molecule has 0 aliphatic carbocycles. The van der Waals surface area contributed by atoms with Crippen LogP contribution in [0.4, 0.5) is 0 Å². The van der Waals surface area contributed by atoms with Crippen LogP contribution in [-0.2, 0) is 6.42 Å². The minimum Gasteiger partial charge on any atom is -0.314 e. The van der Waals surface area contributed by atoms with E-state index in [2.05, 4.69) is 29.6 Å². The first-order valence-corrected chi connectivity index (χ1v) is 8.16. The number of piperidine rings is 1. The standard InChI is InChI=1S/C20H23NO/c1-15(22)17-8-10-18(11-9-17)19-6-4-5-16(13-19)14-20-7-2-3-12-21-20/h4-6,8-11,13,20-21H,2-3,7,12,14H2,1H3/t20-/m0/s1. The van der Waals surface area contributed by atoms with Crippen molar-refractivity contribution in [2.75, 3.05) is 6.54 Å². The molecule has 0 amide bonds. The maximum Gasteiger partial charge on any atom is 0.159 e. The summed E-state index contributed by atoms with van der Waals surface area (Å²) in [5.41, 5.74) is 4.55. The number of benzene rings is 2. The molecule has 0 unspecified atom stereocenters. The van der Waals surface area contributed by atoms with E-state index in [0.29, 0.717) is 6.04 Å². The van der Waals surface area contributed by atoms with Crippen molar-refractivity contribution >= 4 is 5.78 Å². The normalized spacial score (nSPS) is 18.1. The minimum atomic E-state index is 0.115. The summed E-state index contributed by atoms with van der Waals surface area (Å²) in [7, 11) is 0. The molecule has 1 aliphatic heterocycles. The molecule has 1 heterocycles. The smallest absolute Gasteiger partial charge is 0.159 e. The molecule has 0 saturated carbocycles. The summed E-state index contributed by atoms with van der Waals surface area (Å²) in [6, 6.07) is 17.3. The van der Waals surface area contributed by atoms with Gasteiger partial charge in [0, 0.05) is 11.6 Å². The van der Waals surface area contributed by atoms with Crippen molar-refractivity contribution in [3.05, 3.63) is 59.7 Å². The summed E-state index contributed by atoms with van der Waals surface area (Å²) in [6.45, 7) is 2.75. The lowest BCUT2D eigenvalue weighted by molar-refractivity contribution is 0.101. The molecule has 2 nitrogen and oxygen atoms in total. The lowest BCUT2D eigenvalue weighted by Crippen LogP contribution is -2.35. The van der Waals surface area contributed by atoms with Crippen LogP contribution in [0, 0.1) is 0 Å². The van der Waals surface area contributed by atoms with Crippen LogP contribution in [0.1, 0.15) is 42.1 Å². The number of rotatable bonds is 4. The van der Waals surface area contributed by atoms with Gasteiger partial charge in [-0.1, -0.05) is 55.0 Å². The van der Waals surface area contributed by atoms with Crippen LogP contribution in [0.3, 0.4) is 0 Å². The lowest BCUT2D eigenvalue weighted by atomic mass is 9.95. The first-order valence-electron chi connectivity index (χ1n) is 8.16. The van der Waals surface area contributed by atoms with Gasteiger partial charge in [0.05, 0.1) is 0 Å². The van der Waals surface area contributed by atoms with Gasteiger partial charge in [0.25, 0.3) is 0 Å². The molecule has 1 N–H and O–H groups in total. The average Bonchev–Trinajstić information content (AvgIpc) is 2.56. The molecule has 1 atom stereocenters. The molecule has 114 valence electrons. The number of hydrogen-bond acceptors (Lipinski definition) is 2. The summed E-state index contributed by atoms with van der Waals surface area (Å²) < 4.78 is 0. The van der Waals surface area contributed by atoms with E-state index in [4.69, 9.17) is 0 Å². The highest BCUT2D eigenvalue weighted by atomic mass is 16.1. The molecule has 1 fully saturated rings. The van der Waals surface area contributed by atoms with Crippen molar-refractivity contribution in [3.63, 3.8) is 0 Å². The molecule has 3 rings (SSSR count). The maximum absolute atomic E-state index is 11.4. The van der Waals surface area contributed by atoms with E-state index in [1.54, 1.807) is 6.92 Å². The quantitative estimate of drug-likeness (QED) is 0.854. The predicted molar refractivity (Wildman–Crippen MR) is 91.2 cm³/mol.